The van der Waals surface area contributed by atoms with Crippen molar-refractivity contribution in [3.63, 3.8) is 0 Å². The van der Waals surface area contributed by atoms with Gasteiger partial charge < -0.3 is 14.6 Å². The van der Waals surface area contributed by atoms with Crippen molar-refractivity contribution in [3.05, 3.63) is 89.4 Å². The Kier molecular flexibility index (Phi) is 6.18. The van der Waals surface area contributed by atoms with Gasteiger partial charge in [0, 0.05) is 31.9 Å². The summed E-state index contributed by atoms with van der Waals surface area (Å²) >= 11 is 0. The number of furan rings is 1. The second-order valence-electron chi connectivity index (χ2n) is 7.91. The summed E-state index contributed by atoms with van der Waals surface area (Å²) in [6, 6.07) is 20.7. The van der Waals surface area contributed by atoms with Gasteiger partial charge in [0.15, 0.2) is 5.76 Å². The smallest absolute Gasteiger partial charge is 0.289 e. The Hall–Kier alpha value is -3.38. The van der Waals surface area contributed by atoms with E-state index in [4.69, 9.17) is 4.42 Å². The van der Waals surface area contributed by atoms with Crippen LogP contribution in [-0.4, -0.2) is 47.8 Å². The average molecular weight is 418 g/mol. The summed E-state index contributed by atoms with van der Waals surface area (Å²) in [5, 5.41) is 3.05. The van der Waals surface area contributed by atoms with Gasteiger partial charge in [0.1, 0.15) is 11.8 Å². The zero-order valence-corrected chi connectivity index (χ0v) is 17.9. The third-order valence-electron chi connectivity index (χ3n) is 5.60. The molecule has 0 bridgehead atoms. The highest BCUT2D eigenvalue weighted by atomic mass is 16.3. The summed E-state index contributed by atoms with van der Waals surface area (Å²) in [4.78, 5) is 29.9. The van der Waals surface area contributed by atoms with E-state index in [9.17, 15) is 9.59 Å². The molecule has 6 nitrogen and oxygen atoms in total. The van der Waals surface area contributed by atoms with Gasteiger partial charge in [-0.2, -0.15) is 0 Å². The lowest BCUT2D eigenvalue weighted by Crippen LogP contribution is -2.51. The van der Waals surface area contributed by atoms with Crippen molar-refractivity contribution in [2.45, 2.75) is 19.9 Å². The monoisotopic (exact) mass is 417 g/mol. The lowest BCUT2D eigenvalue weighted by Gasteiger charge is -2.38. The molecule has 0 spiro atoms. The van der Waals surface area contributed by atoms with E-state index in [2.05, 4.69) is 10.2 Å². The average Bonchev–Trinajstić information content (AvgIpc) is 3.22. The number of carbonyl (C=O) groups excluding carboxylic acids is 2. The molecule has 1 aliphatic heterocycles. The van der Waals surface area contributed by atoms with E-state index in [0.717, 1.165) is 22.6 Å². The molecule has 2 heterocycles. The largest absolute Gasteiger partial charge is 0.456 e. The van der Waals surface area contributed by atoms with E-state index < -0.39 is 6.04 Å². The van der Waals surface area contributed by atoms with Crippen molar-refractivity contribution in [2.75, 3.05) is 31.5 Å². The van der Waals surface area contributed by atoms with Crippen molar-refractivity contribution in [1.82, 2.24) is 9.80 Å². The highest BCUT2D eigenvalue weighted by Crippen LogP contribution is 2.25. The third kappa shape index (κ3) is 4.86. The van der Waals surface area contributed by atoms with Crippen LogP contribution in [0.1, 0.15) is 33.5 Å². The van der Waals surface area contributed by atoms with Crippen molar-refractivity contribution in [3.8, 4) is 0 Å². The molecule has 1 N–H and O–H groups in total. The van der Waals surface area contributed by atoms with Gasteiger partial charge in [-0.25, -0.2) is 0 Å². The van der Waals surface area contributed by atoms with E-state index in [1.807, 2.05) is 68.4 Å². The zero-order chi connectivity index (χ0) is 21.8. The number of aryl methyl sites for hydroxylation is 2. The summed E-state index contributed by atoms with van der Waals surface area (Å²) in [6.45, 7) is 6.13. The van der Waals surface area contributed by atoms with Gasteiger partial charge in [0.2, 0.25) is 5.91 Å². The molecule has 0 aliphatic carbocycles. The molecule has 1 saturated heterocycles. The first-order valence-electron chi connectivity index (χ1n) is 10.5. The van der Waals surface area contributed by atoms with Crippen LogP contribution < -0.4 is 5.32 Å². The van der Waals surface area contributed by atoms with Crippen LogP contribution in [0.25, 0.3) is 0 Å². The molecule has 160 valence electrons. The fourth-order valence-electron chi connectivity index (χ4n) is 3.90. The summed E-state index contributed by atoms with van der Waals surface area (Å²) in [7, 11) is 0. The number of nitrogens with zero attached hydrogens (tertiary/aromatic N) is 2. The molecular formula is C25H27N3O3. The van der Waals surface area contributed by atoms with Gasteiger partial charge in [0.25, 0.3) is 5.91 Å². The second-order valence-corrected chi connectivity index (χ2v) is 7.91. The Labute approximate surface area is 182 Å². The van der Waals surface area contributed by atoms with Gasteiger partial charge >= 0.3 is 0 Å². The number of carbonyl (C=O) groups is 2. The highest BCUT2D eigenvalue weighted by molar-refractivity contribution is 5.95. The molecule has 31 heavy (non-hydrogen) atoms. The van der Waals surface area contributed by atoms with Crippen LogP contribution in [0.5, 0.6) is 0 Å². The van der Waals surface area contributed by atoms with Gasteiger partial charge in [-0.3, -0.25) is 14.5 Å². The quantitative estimate of drug-likeness (QED) is 0.681. The lowest BCUT2D eigenvalue weighted by atomic mass is 10.0. The zero-order valence-electron chi connectivity index (χ0n) is 17.9. The van der Waals surface area contributed by atoms with E-state index in [1.165, 1.54) is 0 Å². The van der Waals surface area contributed by atoms with E-state index in [-0.39, 0.29) is 11.8 Å². The van der Waals surface area contributed by atoms with Crippen molar-refractivity contribution >= 4 is 17.5 Å². The Morgan fingerprint density at radius 1 is 0.871 bits per heavy atom. The summed E-state index contributed by atoms with van der Waals surface area (Å²) in [6.07, 6.45) is 0. The second kappa shape index (κ2) is 9.18. The van der Waals surface area contributed by atoms with Crippen molar-refractivity contribution < 1.29 is 14.0 Å². The Morgan fingerprint density at radius 2 is 1.55 bits per heavy atom. The Bertz CT molecular complexity index is 1040. The molecule has 1 aromatic heterocycles. The van der Waals surface area contributed by atoms with Crippen molar-refractivity contribution in [2.24, 2.45) is 0 Å². The normalized spacial score (nSPS) is 15.5. The molecule has 4 rings (SSSR count). The molecule has 1 unspecified atom stereocenters. The Morgan fingerprint density at radius 3 is 2.16 bits per heavy atom. The molecule has 1 fully saturated rings. The minimum atomic E-state index is -0.425. The fraction of sp³-hybridized carbons (Fsp3) is 0.280. The first-order chi connectivity index (χ1) is 15.0. The minimum Gasteiger partial charge on any atom is -0.456 e. The number of piperazine rings is 1. The van der Waals surface area contributed by atoms with Crippen LogP contribution >= 0.6 is 0 Å². The first kappa shape index (κ1) is 20.9. The highest BCUT2D eigenvalue weighted by Gasteiger charge is 2.32. The van der Waals surface area contributed by atoms with Gasteiger partial charge in [0.05, 0.1) is 0 Å². The molecular weight excluding hydrogens is 390 g/mol. The number of benzene rings is 2. The predicted octanol–water partition coefficient (Wildman–Crippen LogP) is 4.03. The summed E-state index contributed by atoms with van der Waals surface area (Å²) in [5.74, 6) is 0.909. The molecule has 2 aromatic carbocycles. The summed E-state index contributed by atoms with van der Waals surface area (Å²) < 4.78 is 5.49. The van der Waals surface area contributed by atoms with E-state index >= 15 is 0 Å². The SMILES string of the molecule is Cc1ccc(NC(=O)C(c2ccccc2)N2CCN(C(=O)c3ccc(C)o3)CC2)cc1. The maximum Gasteiger partial charge on any atom is 0.289 e. The third-order valence-corrected chi connectivity index (χ3v) is 5.60. The number of nitrogens with one attached hydrogen (secondary N) is 1. The number of amides is 2. The number of hydrogen-bond acceptors (Lipinski definition) is 4. The number of anilines is 1. The molecule has 0 radical (unpaired) electrons. The van der Waals surface area contributed by atoms with E-state index in [1.54, 1.807) is 17.0 Å². The molecule has 6 heteroatoms. The maximum absolute atomic E-state index is 13.3. The maximum atomic E-state index is 13.3. The molecule has 2 amide bonds. The van der Waals surface area contributed by atoms with E-state index in [0.29, 0.717) is 31.9 Å². The standard InChI is InChI=1S/C25H27N3O3/c1-18-8-11-21(12-9-18)26-24(29)23(20-6-4-3-5-7-20)27-14-16-28(17-15-27)25(30)22-13-10-19(2)31-22/h3-13,23H,14-17H2,1-2H3,(H,26,29). The molecule has 0 saturated carbocycles. The Balaban J connectivity index is 1.48. The van der Waals surface area contributed by atoms with Crippen molar-refractivity contribution in [1.29, 1.82) is 0 Å². The first-order valence-corrected chi connectivity index (χ1v) is 10.5. The van der Waals surface area contributed by atoms with Gasteiger partial charge in [-0.15, -0.1) is 0 Å². The lowest BCUT2D eigenvalue weighted by molar-refractivity contribution is -0.122. The van der Waals surface area contributed by atoms with Crippen LogP contribution in [0, 0.1) is 13.8 Å². The summed E-state index contributed by atoms with van der Waals surface area (Å²) in [5.41, 5.74) is 2.86. The number of rotatable bonds is 5. The van der Waals surface area contributed by atoms with Crippen LogP contribution in [-0.2, 0) is 4.79 Å². The predicted molar refractivity (Wildman–Crippen MR) is 120 cm³/mol. The fourth-order valence-corrected chi connectivity index (χ4v) is 3.90. The molecule has 1 atom stereocenters. The minimum absolute atomic E-state index is 0.0727. The van der Waals surface area contributed by atoms with Gasteiger partial charge in [-0.1, -0.05) is 48.0 Å². The van der Waals surface area contributed by atoms with Gasteiger partial charge in [-0.05, 0) is 43.7 Å². The topological polar surface area (TPSA) is 65.8 Å². The van der Waals surface area contributed by atoms with Crippen LogP contribution in [0.3, 0.4) is 0 Å². The molecule has 1 aliphatic rings. The van der Waals surface area contributed by atoms with Crippen LogP contribution in [0.2, 0.25) is 0 Å². The van der Waals surface area contributed by atoms with Crippen LogP contribution in [0.15, 0.2) is 71.1 Å². The number of hydrogen-bond donors (Lipinski definition) is 1. The molecule has 3 aromatic rings. The van der Waals surface area contributed by atoms with Crippen LogP contribution in [0.4, 0.5) is 5.69 Å².